The maximum absolute atomic E-state index is 12.2. The van der Waals surface area contributed by atoms with E-state index in [0.717, 1.165) is 5.75 Å². The maximum atomic E-state index is 12.2. The van der Waals surface area contributed by atoms with Gasteiger partial charge in [-0.05, 0) is 30.3 Å². The van der Waals surface area contributed by atoms with Crippen LogP contribution in [0.25, 0.3) is 5.57 Å². The lowest BCUT2D eigenvalue weighted by atomic mass is 10.1. The molecule has 0 spiro atoms. The highest BCUT2D eigenvalue weighted by Crippen LogP contribution is 2.37. The molecule has 0 bridgehead atoms. The highest BCUT2D eigenvalue weighted by Gasteiger charge is 2.29. The standard InChI is InChI=1S/C16H15NO4S/c1-20-12-5-7-13(8-6-12)21-9-11-10-22(18,19)16-14(11)3-2-4-15(16)17/h2-8,10H,9,17H2,1H3. The molecular weight excluding hydrogens is 302 g/mol. The Balaban J connectivity index is 1.84. The van der Waals surface area contributed by atoms with Gasteiger partial charge in [0.15, 0.2) is 0 Å². The SMILES string of the molecule is COc1ccc(OCC2=CS(=O)(=O)c3c(N)cccc32)cc1. The molecule has 0 aliphatic carbocycles. The molecule has 6 heteroatoms. The van der Waals surface area contributed by atoms with Gasteiger partial charge in [-0.2, -0.15) is 0 Å². The summed E-state index contributed by atoms with van der Waals surface area (Å²) in [6.45, 7) is 0.155. The molecule has 5 nitrogen and oxygen atoms in total. The lowest BCUT2D eigenvalue weighted by Gasteiger charge is -2.09. The molecule has 2 N–H and O–H groups in total. The number of rotatable bonds is 4. The van der Waals surface area contributed by atoms with E-state index in [-0.39, 0.29) is 17.2 Å². The Morgan fingerprint density at radius 3 is 2.41 bits per heavy atom. The van der Waals surface area contributed by atoms with Gasteiger partial charge in [-0.1, -0.05) is 12.1 Å². The van der Waals surface area contributed by atoms with Crippen molar-refractivity contribution in [1.29, 1.82) is 0 Å². The minimum Gasteiger partial charge on any atom is -0.497 e. The Morgan fingerprint density at radius 2 is 1.73 bits per heavy atom. The molecule has 2 aromatic carbocycles. The molecule has 3 rings (SSSR count). The van der Waals surface area contributed by atoms with Crippen LogP contribution < -0.4 is 15.2 Å². The van der Waals surface area contributed by atoms with Crippen LogP contribution in [0.15, 0.2) is 52.8 Å². The number of fused-ring (bicyclic) bond motifs is 1. The van der Waals surface area contributed by atoms with Crippen LogP contribution in [0.5, 0.6) is 11.5 Å². The number of nitrogen functional groups attached to an aromatic ring is 1. The maximum Gasteiger partial charge on any atom is 0.202 e. The zero-order valence-electron chi connectivity index (χ0n) is 11.9. The number of nitrogens with two attached hydrogens (primary N) is 1. The van der Waals surface area contributed by atoms with Crippen LogP contribution in [0, 0.1) is 0 Å². The molecule has 0 atom stereocenters. The van der Waals surface area contributed by atoms with Crippen LogP contribution >= 0.6 is 0 Å². The molecule has 0 radical (unpaired) electrons. The van der Waals surface area contributed by atoms with Crippen LogP contribution in [-0.4, -0.2) is 22.1 Å². The van der Waals surface area contributed by atoms with Gasteiger partial charge in [-0.15, -0.1) is 0 Å². The van der Waals surface area contributed by atoms with Crippen molar-refractivity contribution in [2.75, 3.05) is 19.5 Å². The molecule has 0 saturated carbocycles. The van der Waals surface area contributed by atoms with Crippen molar-refractivity contribution in [3.63, 3.8) is 0 Å². The molecule has 0 saturated heterocycles. The van der Waals surface area contributed by atoms with E-state index in [0.29, 0.717) is 16.9 Å². The summed E-state index contributed by atoms with van der Waals surface area (Å²) >= 11 is 0. The zero-order chi connectivity index (χ0) is 15.7. The third-order valence-electron chi connectivity index (χ3n) is 3.43. The quantitative estimate of drug-likeness (QED) is 0.877. The Labute approximate surface area is 128 Å². The zero-order valence-corrected chi connectivity index (χ0v) is 12.8. The fourth-order valence-electron chi connectivity index (χ4n) is 2.38. The van der Waals surface area contributed by atoms with Crippen molar-refractivity contribution in [2.45, 2.75) is 4.90 Å². The number of ether oxygens (including phenoxy) is 2. The van der Waals surface area contributed by atoms with Gasteiger partial charge in [0.05, 0.1) is 12.8 Å². The van der Waals surface area contributed by atoms with Crippen LogP contribution in [-0.2, 0) is 9.84 Å². The molecule has 1 aliphatic heterocycles. The summed E-state index contributed by atoms with van der Waals surface area (Å²) in [5, 5.41) is 1.22. The van der Waals surface area contributed by atoms with E-state index in [1.807, 2.05) is 0 Å². The molecular formula is C16H15NO4S. The van der Waals surface area contributed by atoms with Crippen LogP contribution in [0.4, 0.5) is 5.69 Å². The average Bonchev–Trinajstić information content (AvgIpc) is 2.78. The van der Waals surface area contributed by atoms with Gasteiger partial charge >= 0.3 is 0 Å². The summed E-state index contributed by atoms with van der Waals surface area (Å²) < 4.78 is 35.0. The number of hydrogen-bond acceptors (Lipinski definition) is 5. The Hall–Kier alpha value is -2.47. The van der Waals surface area contributed by atoms with E-state index in [4.69, 9.17) is 15.2 Å². The molecule has 1 aliphatic rings. The van der Waals surface area contributed by atoms with Crippen LogP contribution in [0.3, 0.4) is 0 Å². The van der Waals surface area contributed by atoms with Gasteiger partial charge in [0.1, 0.15) is 23.0 Å². The number of sulfone groups is 1. The predicted molar refractivity (Wildman–Crippen MR) is 84.5 cm³/mol. The molecule has 0 amide bonds. The Morgan fingerprint density at radius 1 is 1.05 bits per heavy atom. The first-order chi connectivity index (χ1) is 10.5. The van der Waals surface area contributed by atoms with Crippen molar-refractivity contribution in [1.82, 2.24) is 0 Å². The van der Waals surface area contributed by atoms with Crippen molar-refractivity contribution in [2.24, 2.45) is 0 Å². The topological polar surface area (TPSA) is 78.6 Å². The Bertz CT molecular complexity index is 839. The second-order valence-corrected chi connectivity index (χ2v) is 6.61. The first-order valence-corrected chi connectivity index (χ1v) is 8.17. The first kappa shape index (κ1) is 14.5. The third-order valence-corrected chi connectivity index (χ3v) is 5.05. The number of hydrogen-bond donors (Lipinski definition) is 1. The monoisotopic (exact) mass is 317 g/mol. The van der Waals surface area contributed by atoms with E-state index in [2.05, 4.69) is 0 Å². The fourth-order valence-corrected chi connectivity index (χ4v) is 3.97. The third kappa shape index (κ3) is 2.53. The minimum absolute atomic E-state index is 0.155. The van der Waals surface area contributed by atoms with E-state index in [9.17, 15) is 8.42 Å². The van der Waals surface area contributed by atoms with Gasteiger partial charge in [-0.25, -0.2) is 8.42 Å². The smallest absolute Gasteiger partial charge is 0.202 e. The van der Waals surface area contributed by atoms with Gasteiger partial charge < -0.3 is 15.2 Å². The average molecular weight is 317 g/mol. The first-order valence-electron chi connectivity index (χ1n) is 6.62. The van der Waals surface area contributed by atoms with E-state index < -0.39 is 9.84 Å². The van der Waals surface area contributed by atoms with Gasteiger partial charge in [0.25, 0.3) is 0 Å². The molecule has 1 heterocycles. The molecule has 2 aromatic rings. The minimum atomic E-state index is -3.49. The summed E-state index contributed by atoms with van der Waals surface area (Å²) in [6.07, 6.45) is 0. The fraction of sp³-hybridized carbons (Fsp3) is 0.125. The predicted octanol–water partition coefficient (Wildman–Crippen LogP) is 2.48. The van der Waals surface area contributed by atoms with Gasteiger partial charge in [0, 0.05) is 16.5 Å². The summed E-state index contributed by atoms with van der Waals surface area (Å²) in [5.41, 5.74) is 7.24. The summed E-state index contributed by atoms with van der Waals surface area (Å²) in [4.78, 5) is 0.170. The largest absolute Gasteiger partial charge is 0.497 e. The Kier molecular flexibility index (Phi) is 3.54. The second-order valence-electron chi connectivity index (χ2n) is 4.88. The molecule has 22 heavy (non-hydrogen) atoms. The second kappa shape index (κ2) is 5.38. The van der Waals surface area contributed by atoms with Crippen molar-refractivity contribution in [3.05, 3.63) is 53.4 Å². The summed E-state index contributed by atoms with van der Waals surface area (Å²) in [7, 11) is -1.90. The normalized spacial score (nSPS) is 15.0. The highest BCUT2D eigenvalue weighted by atomic mass is 32.2. The summed E-state index contributed by atoms with van der Waals surface area (Å²) in [5.74, 6) is 1.37. The lowest BCUT2D eigenvalue weighted by molar-refractivity contribution is 0.367. The number of benzene rings is 2. The molecule has 0 fully saturated rings. The van der Waals surface area contributed by atoms with Crippen molar-refractivity contribution < 1.29 is 17.9 Å². The molecule has 114 valence electrons. The van der Waals surface area contributed by atoms with Gasteiger partial charge in [0.2, 0.25) is 9.84 Å². The molecule has 0 aromatic heterocycles. The number of anilines is 1. The van der Waals surface area contributed by atoms with Crippen LogP contribution in [0.1, 0.15) is 5.56 Å². The van der Waals surface area contributed by atoms with Crippen LogP contribution in [0.2, 0.25) is 0 Å². The number of methoxy groups -OCH3 is 1. The highest BCUT2D eigenvalue weighted by molar-refractivity contribution is 7.95. The van der Waals surface area contributed by atoms with Crippen molar-refractivity contribution in [3.8, 4) is 11.5 Å². The van der Waals surface area contributed by atoms with E-state index in [1.54, 1.807) is 49.6 Å². The van der Waals surface area contributed by atoms with Gasteiger partial charge in [-0.3, -0.25) is 0 Å². The summed E-state index contributed by atoms with van der Waals surface area (Å²) in [6, 6.07) is 12.1. The lowest BCUT2D eigenvalue weighted by Crippen LogP contribution is -2.01. The van der Waals surface area contributed by atoms with E-state index >= 15 is 0 Å². The van der Waals surface area contributed by atoms with Crippen molar-refractivity contribution >= 4 is 21.1 Å². The van der Waals surface area contributed by atoms with E-state index in [1.165, 1.54) is 5.41 Å². The molecule has 0 unspecified atom stereocenters.